The van der Waals surface area contributed by atoms with Crippen LogP contribution in [-0.4, -0.2) is 12.6 Å². The van der Waals surface area contributed by atoms with Crippen molar-refractivity contribution in [3.05, 3.63) is 40.9 Å². The first-order chi connectivity index (χ1) is 7.69. The molecule has 0 aliphatic carbocycles. The number of hydrogen-bond acceptors (Lipinski definition) is 2. The third-order valence-electron chi connectivity index (χ3n) is 2.06. The summed E-state index contributed by atoms with van der Waals surface area (Å²) >= 11 is 5.80. The van der Waals surface area contributed by atoms with Crippen LogP contribution in [0.1, 0.15) is 25.8 Å². The number of carbonyl (C=O) groups is 1. The van der Waals surface area contributed by atoms with Gasteiger partial charge in [0.15, 0.2) is 0 Å². The minimum Gasteiger partial charge on any atom is -0.462 e. The number of carbonyl (C=O) groups excluding carboxylic acids is 1. The summed E-state index contributed by atoms with van der Waals surface area (Å²) in [4.78, 5) is 11.7. The summed E-state index contributed by atoms with van der Waals surface area (Å²) in [7, 11) is 0. The van der Waals surface area contributed by atoms with Gasteiger partial charge in [-0.25, -0.2) is 4.79 Å². The smallest absolute Gasteiger partial charge is 0.338 e. The van der Waals surface area contributed by atoms with Gasteiger partial charge in [0.2, 0.25) is 0 Å². The van der Waals surface area contributed by atoms with Gasteiger partial charge in [-0.2, -0.15) is 0 Å². The van der Waals surface area contributed by atoms with Gasteiger partial charge in [0.05, 0.1) is 12.2 Å². The van der Waals surface area contributed by atoms with Crippen molar-refractivity contribution in [2.75, 3.05) is 6.61 Å². The molecule has 16 heavy (non-hydrogen) atoms. The van der Waals surface area contributed by atoms with Crippen molar-refractivity contribution in [2.24, 2.45) is 0 Å². The van der Waals surface area contributed by atoms with Gasteiger partial charge >= 0.3 is 5.97 Å². The minimum atomic E-state index is -0.285. The molecule has 0 heterocycles. The molecule has 0 atom stereocenters. The highest BCUT2D eigenvalue weighted by molar-refractivity contribution is 6.30. The Hall–Kier alpha value is -1.28. The molecule has 1 rings (SSSR count). The van der Waals surface area contributed by atoms with Crippen LogP contribution in [0.5, 0.6) is 0 Å². The molecule has 0 saturated heterocycles. The van der Waals surface area contributed by atoms with E-state index in [1.807, 2.05) is 25.1 Å². The highest BCUT2D eigenvalue weighted by atomic mass is 35.5. The van der Waals surface area contributed by atoms with Crippen LogP contribution in [0.2, 0.25) is 5.02 Å². The van der Waals surface area contributed by atoms with Crippen LogP contribution in [0.25, 0.3) is 5.57 Å². The summed E-state index contributed by atoms with van der Waals surface area (Å²) in [5.41, 5.74) is 1.44. The maximum Gasteiger partial charge on any atom is 0.338 e. The minimum absolute atomic E-state index is 0.285. The van der Waals surface area contributed by atoms with Crippen molar-refractivity contribution < 1.29 is 9.53 Å². The van der Waals surface area contributed by atoms with E-state index in [0.717, 1.165) is 12.0 Å². The van der Waals surface area contributed by atoms with E-state index in [-0.39, 0.29) is 5.97 Å². The van der Waals surface area contributed by atoms with Gasteiger partial charge in [-0.05, 0) is 31.0 Å². The number of ether oxygens (including phenoxy) is 1. The van der Waals surface area contributed by atoms with Crippen molar-refractivity contribution in [1.29, 1.82) is 0 Å². The Balaban J connectivity index is 2.99. The fraction of sp³-hybridized carbons (Fsp3) is 0.308. The van der Waals surface area contributed by atoms with Gasteiger partial charge in [-0.1, -0.05) is 36.7 Å². The lowest BCUT2D eigenvalue weighted by molar-refractivity contribution is -0.136. The van der Waals surface area contributed by atoms with Gasteiger partial charge < -0.3 is 4.74 Å². The average Bonchev–Trinajstić information content (AvgIpc) is 2.28. The van der Waals surface area contributed by atoms with Crippen molar-refractivity contribution in [3.63, 3.8) is 0 Å². The number of rotatable bonds is 4. The lowest BCUT2D eigenvalue weighted by atomic mass is 10.1. The van der Waals surface area contributed by atoms with Crippen LogP contribution in [-0.2, 0) is 9.53 Å². The summed E-state index contributed by atoms with van der Waals surface area (Å²) in [6.45, 7) is 4.16. The average molecular weight is 239 g/mol. The second-order valence-corrected chi connectivity index (χ2v) is 3.69. The lowest BCUT2D eigenvalue weighted by Crippen LogP contribution is -2.06. The zero-order valence-corrected chi connectivity index (χ0v) is 10.3. The van der Waals surface area contributed by atoms with Gasteiger partial charge in [-0.15, -0.1) is 0 Å². The van der Waals surface area contributed by atoms with E-state index in [1.165, 1.54) is 0 Å². The maximum absolute atomic E-state index is 11.7. The fourth-order valence-corrected chi connectivity index (χ4v) is 1.49. The Morgan fingerprint density at radius 2 is 1.94 bits per heavy atom. The molecule has 0 bridgehead atoms. The van der Waals surface area contributed by atoms with E-state index in [9.17, 15) is 4.79 Å². The Morgan fingerprint density at radius 1 is 1.31 bits per heavy atom. The molecule has 0 fully saturated rings. The maximum atomic E-state index is 11.7. The molecule has 0 saturated carbocycles. The van der Waals surface area contributed by atoms with Crippen molar-refractivity contribution >= 4 is 23.1 Å². The predicted octanol–water partition coefficient (Wildman–Crippen LogP) is 3.70. The van der Waals surface area contributed by atoms with Crippen LogP contribution in [0.15, 0.2) is 30.3 Å². The Bertz CT molecular complexity index is 379. The molecule has 0 unspecified atom stereocenters. The molecule has 0 aliphatic heterocycles. The Kier molecular flexibility index (Phi) is 5.06. The first-order valence-electron chi connectivity index (χ1n) is 5.32. The van der Waals surface area contributed by atoms with Crippen molar-refractivity contribution in [1.82, 2.24) is 0 Å². The van der Waals surface area contributed by atoms with Crippen molar-refractivity contribution in [3.8, 4) is 0 Å². The number of allylic oxidation sites excluding steroid dienone is 1. The molecular formula is C13H15ClO2. The molecular weight excluding hydrogens is 224 g/mol. The van der Waals surface area contributed by atoms with Crippen LogP contribution >= 0.6 is 11.6 Å². The largest absolute Gasteiger partial charge is 0.462 e. The molecule has 0 N–H and O–H groups in total. The van der Waals surface area contributed by atoms with Gasteiger partial charge in [0, 0.05) is 5.02 Å². The zero-order valence-electron chi connectivity index (χ0n) is 9.50. The van der Waals surface area contributed by atoms with E-state index in [1.54, 1.807) is 19.1 Å². The number of benzene rings is 1. The van der Waals surface area contributed by atoms with Gasteiger partial charge in [-0.3, -0.25) is 0 Å². The highest BCUT2D eigenvalue weighted by Crippen LogP contribution is 2.19. The second-order valence-electron chi connectivity index (χ2n) is 3.25. The Morgan fingerprint density at radius 3 is 2.44 bits per heavy atom. The van der Waals surface area contributed by atoms with E-state index in [0.29, 0.717) is 17.2 Å². The fourth-order valence-electron chi connectivity index (χ4n) is 1.36. The molecule has 0 aromatic heterocycles. The van der Waals surface area contributed by atoms with Crippen molar-refractivity contribution in [2.45, 2.75) is 20.3 Å². The number of esters is 1. The molecule has 1 aromatic rings. The molecule has 3 heteroatoms. The van der Waals surface area contributed by atoms with Crippen LogP contribution < -0.4 is 0 Å². The molecule has 0 aliphatic rings. The van der Waals surface area contributed by atoms with E-state index < -0.39 is 0 Å². The SMILES string of the molecule is CCC=C(C(=O)OCC)c1ccc(Cl)cc1. The molecule has 0 amide bonds. The standard InChI is InChI=1S/C13H15ClO2/c1-3-5-12(13(15)16-4-2)10-6-8-11(14)9-7-10/h5-9H,3-4H2,1-2H3. The first-order valence-corrected chi connectivity index (χ1v) is 5.70. The molecule has 0 spiro atoms. The summed E-state index contributed by atoms with van der Waals surface area (Å²) in [5, 5.41) is 0.656. The van der Waals surface area contributed by atoms with Crippen LogP contribution in [0.3, 0.4) is 0 Å². The lowest BCUT2D eigenvalue weighted by Gasteiger charge is -2.07. The monoisotopic (exact) mass is 238 g/mol. The third kappa shape index (κ3) is 3.38. The van der Waals surface area contributed by atoms with Crippen LogP contribution in [0.4, 0.5) is 0 Å². The first kappa shape index (κ1) is 12.8. The zero-order chi connectivity index (χ0) is 12.0. The summed E-state index contributed by atoms with van der Waals surface area (Å²) in [5.74, 6) is -0.285. The quantitative estimate of drug-likeness (QED) is 0.591. The third-order valence-corrected chi connectivity index (χ3v) is 2.31. The van der Waals surface area contributed by atoms with Gasteiger partial charge in [0.25, 0.3) is 0 Å². The van der Waals surface area contributed by atoms with E-state index in [4.69, 9.17) is 16.3 Å². The highest BCUT2D eigenvalue weighted by Gasteiger charge is 2.11. The number of halogens is 1. The molecule has 86 valence electrons. The Labute approximate surface area is 101 Å². The predicted molar refractivity (Wildman–Crippen MR) is 66.4 cm³/mol. The summed E-state index contributed by atoms with van der Waals surface area (Å²) in [6.07, 6.45) is 2.65. The topological polar surface area (TPSA) is 26.3 Å². The molecule has 0 radical (unpaired) electrons. The summed E-state index contributed by atoms with van der Waals surface area (Å²) in [6, 6.07) is 7.17. The normalized spacial score (nSPS) is 11.3. The van der Waals surface area contributed by atoms with E-state index >= 15 is 0 Å². The second kappa shape index (κ2) is 6.33. The van der Waals surface area contributed by atoms with E-state index in [2.05, 4.69) is 0 Å². The summed E-state index contributed by atoms with van der Waals surface area (Å²) < 4.78 is 5.00. The molecule has 1 aromatic carbocycles. The van der Waals surface area contributed by atoms with Crippen LogP contribution in [0, 0.1) is 0 Å². The molecule has 2 nitrogen and oxygen atoms in total. The number of hydrogen-bond donors (Lipinski definition) is 0. The van der Waals surface area contributed by atoms with Gasteiger partial charge in [0.1, 0.15) is 0 Å².